The molecule has 21 heavy (non-hydrogen) atoms. The Bertz CT molecular complexity index is 661. The minimum atomic E-state index is -3.41. The second-order valence-corrected chi connectivity index (χ2v) is 7.89. The standard InChI is InChI=1S/C15H20N2O3S/c1-11-6-8-17(9-7-11)21(19,20)13-3-4-14-12(10-13)2-5-15(18)16-14/h3-4,10-11H,2,5-9H2,1H3,(H,16,18). The average Bonchev–Trinajstić information content (AvgIpc) is 2.47. The Hall–Kier alpha value is -1.40. The van der Waals surface area contributed by atoms with Gasteiger partial charge in [-0.05, 0) is 48.9 Å². The number of benzene rings is 1. The minimum Gasteiger partial charge on any atom is -0.326 e. The van der Waals surface area contributed by atoms with Crippen molar-refractivity contribution in [1.82, 2.24) is 4.31 Å². The molecule has 0 spiro atoms. The summed E-state index contributed by atoms with van der Waals surface area (Å²) in [5.74, 6) is 0.582. The zero-order valence-corrected chi connectivity index (χ0v) is 12.9. The Morgan fingerprint density at radius 3 is 2.62 bits per heavy atom. The predicted molar refractivity (Wildman–Crippen MR) is 80.5 cm³/mol. The van der Waals surface area contributed by atoms with Crippen LogP contribution < -0.4 is 5.32 Å². The third kappa shape index (κ3) is 2.82. The van der Waals surface area contributed by atoms with Crippen molar-refractivity contribution in [2.45, 2.75) is 37.5 Å². The third-order valence-corrected chi connectivity index (χ3v) is 6.25. The van der Waals surface area contributed by atoms with Crippen molar-refractivity contribution in [3.05, 3.63) is 23.8 Å². The summed E-state index contributed by atoms with van der Waals surface area (Å²) in [6.07, 6.45) is 2.85. The van der Waals surface area contributed by atoms with E-state index in [1.807, 2.05) is 0 Å². The number of amides is 1. The molecule has 0 saturated carbocycles. The normalized spacial score (nSPS) is 20.9. The van der Waals surface area contributed by atoms with E-state index in [2.05, 4.69) is 12.2 Å². The van der Waals surface area contributed by atoms with E-state index in [1.165, 1.54) is 0 Å². The van der Waals surface area contributed by atoms with Crippen LogP contribution in [0.2, 0.25) is 0 Å². The van der Waals surface area contributed by atoms with Gasteiger partial charge in [0.1, 0.15) is 0 Å². The van der Waals surface area contributed by atoms with Crippen molar-refractivity contribution in [3.8, 4) is 0 Å². The highest BCUT2D eigenvalue weighted by Gasteiger charge is 2.29. The van der Waals surface area contributed by atoms with Gasteiger partial charge in [-0.15, -0.1) is 0 Å². The van der Waals surface area contributed by atoms with Crippen LogP contribution in [-0.4, -0.2) is 31.7 Å². The molecule has 1 saturated heterocycles. The van der Waals surface area contributed by atoms with Crippen molar-refractivity contribution < 1.29 is 13.2 Å². The van der Waals surface area contributed by atoms with E-state index in [0.717, 1.165) is 24.1 Å². The topological polar surface area (TPSA) is 66.5 Å². The largest absolute Gasteiger partial charge is 0.326 e. The quantitative estimate of drug-likeness (QED) is 0.908. The Morgan fingerprint density at radius 2 is 1.90 bits per heavy atom. The number of fused-ring (bicyclic) bond motifs is 1. The van der Waals surface area contributed by atoms with Gasteiger partial charge in [0.15, 0.2) is 0 Å². The van der Waals surface area contributed by atoms with E-state index in [1.54, 1.807) is 22.5 Å². The van der Waals surface area contributed by atoms with E-state index in [4.69, 9.17) is 0 Å². The van der Waals surface area contributed by atoms with Gasteiger partial charge in [-0.1, -0.05) is 6.92 Å². The number of sulfonamides is 1. The number of hydrogen-bond donors (Lipinski definition) is 1. The van der Waals surface area contributed by atoms with Crippen LogP contribution in [0.5, 0.6) is 0 Å². The number of carbonyl (C=O) groups is 1. The summed E-state index contributed by atoms with van der Waals surface area (Å²) in [6.45, 7) is 3.35. The molecular weight excluding hydrogens is 288 g/mol. The molecular formula is C15H20N2O3S. The summed E-state index contributed by atoms with van der Waals surface area (Å²) in [5.41, 5.74) is 1.64. The lowest BCUT2D eigenvalue weighted by molar-refractivity contribution is -0.116. The summed E-state index contributed by atoms with van der Waals surface area (Å²) in [5, 5.41) is 2.78. The second kappa shape index (κ2) is 5.42. The molecule has 1 aromatic carbocycles. The lowest BCUT2D eigenvalue weighted by atomic mass is 10.0. The fraction of sp³-hybridized carbons (Fsp3) is 0.533. The number of nitrogens with one attached hydrogen (secondary N) is 1. The van der Waals surface area contributed by atoms with Crippen LogP contribution in [-0.2, 0) is 21.2 Å². The lowest BCUT2D eigenvalue weighted by Crippen LogP contribution is -2.38. The molecule has 0 bridgehead atoms. The zero-order valence-electron chi connectivity index (χ0n) is 12.1. The number of aryl methyl sites for hydroxylation is 1. The van der Waals surface area contributed by atoms with Gasteiger partial charge >= 0.3 is 0 Å². The molecule has 1 amide bonds. The van der Waals surface area contributed by atoms with Crippen molar-refractivity contribution in [2.75, 3.05) is 18.4 Å². The minimum absolute atomic E-state index is 0.0110. The molecule has 2 heterocycles. The van der Waals surface area contributed by atoms with Gasteiger partial charge in [-0.3, -0.25) is 4.79 Å². The summed E-state index contributed by atoms with van der Waals surface area (Å²) >= 11 is 0. The molecule has 0 unspecified atom stereocenters. The van der Waals surface area contributed by atoms with Gasteiger partial charge in [-0.25, -0.2) is 8.42 Å². The van der Waals surface area contributed by atoms with E-state index in [0.29, 0.717) is 36.7 Å². The lowest BCUT2D eigenvalue weighted by Gasteiger charge is -2.29. The highest BCUT2D eigenvalue weighted by molar-refractivity contribution is 7.89. The van der Waals surface area contributed by atoms with E-state index < -0.39 is 10.0 Å². The molecule has 6 heteroatoms. The average molecular weight is 308 g/mol. The van der Waals surface area contributed by atoms with E-state index in [9.17, 15) is 13.2 Å². The van der Waals surface area contributed by atoms with Crippen molar-refractivity contribution in [2.24, 2.45) is 5.92 Å². The number of nitrogens with zero attached hydrogens (tertiary/aromatic N) is 1. The van der Waals surface area contributed by atoms with Crippen LogP contribution >= 0.6 is 0 Å². The summed E-state index contributed by atoms with van der Waals surface area (Å²) in [7, 11) is -3.41. The van der Waals surface area contributed by atoms with Crippen molar-refractivity contribution in [3.63, 3.8) is 0 Å². The molecule has 1 aromatic rings. The van der Waals surface area contributed by atoms with Gasteiger partial charge in [-0.2, -0.15) is 4.31 Å². The smallest absolute Gasteiger partial charge is 0.243 e. The van der Waals surface area contributed by atoms with Gasteiger partial charge in [0.05, 0.1) is 4.90 Å². The molecule has 0 aromatic heterocycles. The Morgan fingerprint density at radius 1 is 1.19 bits per heavy atom. The second-order valence-electron chi connectivity index (χ2n) is 5.95. The molecule has 0 radical (unpaired) electrons. The van der Waals surface area contributed by atoms with Crippen LogP contribution in [0, 0.1) is 5.92 Å². The molecule has 1 N–H and O–H groups in total. The Balaban J connectivity index is 1.88. The van der Waals surface area contributed by atoms with Crippen LogP contribution in [0.1, 0.15) is 31.7 Å². The Kier molecular flexibility index (Phi) is 3.75. The first kappa shape index (κ1) is 14.5. The summed E-state index contributed by atoms with van der Waals surface area (Å²) in [4.78, 5) is 11.7. The number of rotatable bonds is 2. The predicted octanol–water partition coefficient (Wildman–Crippen LogP) is 1.99. The van der Waals surface area contributed by atoms with Crippen molar-refractivity contribution in [1.29, 1.82) is 0 Å². The molecule has 0 aliphatic carbocycles. The van der Waals surface area contributed by atoms with Gasteiger partial charge in [0, 0.05) is 25.2 Å². The summed E-state index contributed by atoms with van der Waals surface area (Å²) in [6, 6.07) is 5.01. The van der Waals surface area contributed by atoms with Crippen LogP contribution in [0.3, 0.4) is 0 Å². The molecule has 114 valence electrons. The fourth-order valence-electron chi connectivity index (χ4n) is 2.89. The maximum atomic E-state index is 12.7. The number of anilines is 1. The van der Waals surface area contributed by atoms with Crippen LogP contribution in [0.25, 0.3) is 0 Å². The molecule has 2 aliphatic heterocycles. The Labute approximate surface area is 125 Å². The van der Waals surface area contributed by atoms with Crippen molar-refractivity contribution >= 4 is 21.6 Å². The number of hydrogen-bond acceptors (Lipinski definition) is 3. The zero-order chi connectivity index (χ0) is 15.0. The molecule has 0 atom stereocenters. The first-order valence-corrected chi connectivity index (χ1v) is 8.84. The van der Waals surface area contributed by atoms with Gasteiger partial charge in [0.25, 0.3) is 0 Å². The SMILES string of the molecule is CC1CCN(S(=O)(=O)c2ccc3c(c2)CCC(=O)N3)CC1. The first-order chi connectivity index (χ1) is 9.96. The highest BCUT2D eigenvalue weighted by atomic mass is 32.2. The van der Waals surface area contributed by atoms with Gasteiger partial charge in [0.2, 0.25) is 15.9 Å². The summed E-state index contributed by atoms with van der Waals surface area (Å²) < 4.78 is 26.9. The van der Waals surface area contributed by atoms with Crippen LogP contribution in [0.4, 0.5) is 5.69 Å². The maximum Gasteiger partial charge on any atom is 0.243 e. The first-order valence-electron chi connectivity index (χ1n) is 7.40. The van der Waals surface area contributed by atoms with E-state index in [-0.39, 0.29) is 5.91 Å². The maximum absolute atomic E-state index is 12.7. The fourth-order valence-corrected chi connectivity index (χ4v) is 4.42. The third-order valence-electron chi connectivity index (χ3n) is 4.35. The van der Waals surface area contributed by atoms with Gasteiger partial charge < -0.3 is 5.32 Å². The van der Waals surface area contributed by atoms with Crippen LogP contribution in [0.15, 0.2) is 23.1 Å². The number of piperidine rings is 1. The molecule has 5 nitrogen and oxygen atoms in total. The monoisotopic (exact) mass is 308 g/mol. The highest BCUT2D eigenvalue weighted by Crippen LogP contribution is 2.28. The molecule has 2 aliphatic rings. The molecule has 1 fully saturated rings. The van der Waals surface area contributed by atoms with E-state index >= 15 is 0 Å². The molecule has 3 rings (SSSR count). The number of carbonyl (C=O) groups excluding carboxylic acids is 1.